The fraction of sp³-hybridized carbons (Fsp3) is 0.308. The molecule has 0 atom stereocenters. The second kappa shape index (κ2) is 5.50. The number of hydrogen-bond donors (Lipinski definition) is 0. The highest BCUT2D eigenvalue weighted by Gasteiger charge is 2.14. The van der Waals surface area contributed by atoms with Gasteiger partial charge in [0, 0.05) is 18.7 Å². The summed E-state index contributed by atoms with van der Waals surface area (Å²) in [5.41, 5.74) is 2.38. The Kier molecular flexibility index (Phi) is 3.94. The molecule has 0 aliphatic rings. The number of nitro groups is 1. The van der Waals surface area contributed by atoms with Gasteiger partial charge in [0.05, 0.1) is 16.7 Å². The quantitative estimate of drug-likeness (QED) is 0.641. The standard InChI is InChI=1S/C13H14ClN3O3/c1-8-4-5-10(17(18)19)6-12(8)20-7-11-9(2)15-16(3)13(11)14/h4-6H,7H2,1-3H3. The fourth-order valence-corrected chi connectivity index (χ4v) is 2.07. The molecule has 0 amide bonds. The van der Waals surface area contributed by atoms with Crippen molar-refractivity contribution in [1.29, 1.82) is 0 Å². The van der Waals surface area contributed by atoms with E-state index in [1.807, 2.05) is 13.8 Å². The third kappa shape index (κ3) is 2.75. The van der Waals surface area contributed by atoms with Crippen molar-refractivity contribution in [1.82, 2.24) is 9.78 Å². The van der Waals surface area contributed by atoms with Crippen molar-refractivity contribution in [2.75, 3.05) is 0 Å². The zero-order valence-corrected chi connectivity index (χ0v) is 12.1. The average Bonchev–Trinajstić information content (AvgIpc) is 2.63. The first-order valence-electron chi connectivity index (χ1n) is 5.96. The van der Waals surface area contributed by atoms with Gasteiger partial charge in [-0.15, -0.1) is 0 Å². The van der Waals surface area contributed by atoms with Gasteiger partial charge in [-0.05, 0) is 25.5 Å². The van der Waals surface area contributed by atoms with Crippen LogP contribution in [0.25, 0.3) is 0 Å². The second-order valence-electron chi connectivity index (χ2n) is 4.47. The lowest BCUT2D eigenvalue weighted by atomic mass is 10.2. The van der Waals surface area contributed by atoms with E-state index in [1.165, 1.54) is 12.1 Å². The first-order valence-corrected chi connectivity index (χ1v) is 6.33. The minimum Gasteiger partial charge on any atom is -0.488 e. The first kappa shape index (κ1) is 14.3. The Morgan fingerprint density at radius 1 is 1.45 bits per heavy atom. The van der Waals surface area contributed by atoms with Crippen LogP contribution in [0.1, 0.15) is 16.8 Å². The third-order valence-corrected chi connectivity index (χ3v) is 3.50. The van der Waals surface area contributed by atoms with Crippen molar-refractivity contribution >= 4 is 17.3 Å². The molecular weight excluding hydrogens is 282 g/mol. The summed E-state index contributed by atoms with van der Waals surface area (Å²) in [6, 6.07) is 4.52. The Morgan fingerprint density at radius 3 is 2.70 bits per heavy atom. The lowest BCUT2D eigenvalue weighted by Gasteiger charge is -2.08. The van der Waals surface area contributed by atoms with Crippen molar-refractivity contribution < 1.29 is 9.66 Å². The van der Waals surface area contributed by atoms with Crippen molar-refractivity contribution in [2.24, 2.45) is 7.05 Å². The van der Waals surface area contributed by atoms with Crippen LogP contribution >= 0.6 is 11.6 Å². The molecule has 6 nitrogen and oxygen atoms in total. The van der Waals surface area contributed by atoms with E-state index in [9.17, 15) is 10.1 Å². The van der Waals surface area contributed by atoms with Gasteiger partial charge in [0.25, 0.3) is 5.69 Å². The number of ether oxygens (including phenoxy) is 1. The van der Waals surface area contributed by atoms with Gasteiger partial charge in [0.2, 0.25) is 0 Å². The number of aromatic nitrogens is 2. The van der Waals surface area contributed by atoms with Crippen LogP contribution in [0.3, 0.4) is 0 Å². The van der Waals surface area contributed by atoms with E-state index in [1.54, 1.807) is 17.8 Å². The van der Waals surface area contributed by atoms with E-state index in [4.69, 9.17) is 16.3 Å². The van der Waals surface area contributed by atoms with Gasteiger partial charge in [-0.3, -0.25) is 14.8 Å². The molecule has 7 heteroatoms. The Bertz CT molecular complexity index is 667. The maximum absolute atomic E-state index is 10.8. The van der Waals surface area contributed by atoms with Gasteiger partial charge in [0.15, 0.2) is 0 Å². The molecule has 1 aromatic heterocycles. The zero-order valence-electron chi connectivity index (χ0n) is 11.4. The molecule has 0 spiro atoms. The number of hydrogen-bond acceptors (Lipinski definition) is 4. The highest BCUT2D eigenvalue weighted by Crippen LogP contribution is 2.26. The number of nitro benzene ring substituents is 1. The SMILES string of the molecule is Cc1ccc([N+](=O)[O-])cc1OCc1c(C)nn(C)c1Cl. The van der Waals surface area contributed by atoms with E-state index in [2.05, 4.69) is 5.10 Å². The van der Waals surface area contributed by atoms with Crippen LogP contribution in [-0.4, -0.2) is 14.7 Å². The monoisotopic (exact) mass is 295 g/mol. The molecule has 0 aliphatic carbocycles. The Morgan fingerprint density at radius 2 is 2.15 bits per heavy atom. The van der Waals surface area contributed by atoms with Gasteiger partial charge in [-0.1, -0.05) is 11.6 Å². The minimum absolute atomic E-state index is 0.000365. The molecule has 0 saturated carbocycles. The molecule has 2 aromatic rings. The molecule has 0 aliphatic heterocycles. The summed E-state index contributed by atoms with van der Waals surface area (Å²) in [4.78, 5) is 10.3. The Labute approximate surface area is 121 Å². The number of benzene rings is 1. The van der Waals surface area contributed by atoms with Gasteiger partial charge >= 0.3 is 0 Å². The number of nitrogens with zero attached hydrogens (tertiary/aromatic N) is 3. The van der Waals surface area contributed by atoms with E-state index < -0.39 is 4.92 Å². The summed E-state index contributed by atoms with van der Waals surface area (Å²) in [7, 11) is 1.75. The summed E-state index contributed by atoms with van der Waals surface area (Å²) >= 11 is 6.11. The summed E-state index contributed by atoms with van der Waals surface area (Å²) in [6.45, 7) is 3.89. The Balaban J connectivity index is 2.22. The largest absolute Gasteiger partial charge is 0.488 e. The molecular formula is C13H14ClN3O3. The van der Waals surface area contributed by atoms with Crippen molar-refractivity contribution in [3.05, 3.63) is 50.3 Å². The smallest absolute Gasteiger partial charge is 0.273 e. The second-order valence-corrected chi connectivity index (χ2v) is 4.83. The molecule has 2 rings (SSSR count). The molecule has 20 heavy (non-hydrogen) atoms. The third-order valence-electron chi connectivity index (χ3n) is 3.02. The summed E-state index contributed by atoms with van der Waals surface area (Å²) in [6.07, 6.45) is 0. The van der Waals surface area contributed by atoms with Crippen LogP contribution in [0.4, 0.5) is 5.69 Å². The number of rotatable bonds is 4. The Hall–Kier alpha value is -2.08. The highest BCUT2D eigenvalue weighted by molar-refractivity contribution is 6.30. The molecule has 0 saturated heterocycles. The molecule has 0 N–H and O–H groups in total. The van der Waals surface area contributed by atoms with E-state index >= 15 is 0 Å². The lowest BCUT2D eigenvalue weighted by Crippen LogP contribution is -1.99. The van der Waals surface area contributed by atoms with Crippen molar-refractivity contribution in [3.8, 4) is 5.75 Å². The topological polar surface area (TPSA) is 70.2 Å². The van der Waals surface area contributed by atoms with Crippen molar-refractivity contribution in [3.63, 3.8) is 0 Å². The summed E-state index contributed by atoms with van der Waals surface area (Å²) in [5.74, 6) is 0.471. The number of aryl methyl sites for hydroxylation is 3. The van der Waals surface area contributed by atoms with Gasteiger partial charge in [0.1, 0.15) is 17.5 Å². The number of halogens is 1. The van der Waals surface area contributed by atoms with E-state index in [-0.39, 0.29) is 12.3 Å². The predicted octanol–water partition coefficient (Wildman–Crippen LogP) is 3.18. The molecule has 0 unspecified atom stereocenters. The van der Waals surface area contributed by atoms with Crippen LogP contribution in [0.5, 0.6) is 5.75 Å². The lowest BCUT2D eigenvalue weighted by molar-refractivity contribution is -0.385. The molecule has 0 fully saturated rings. The fourth-order valence-electron chi connectivity index (χ4n) is 1.85. The van der Waals surface area contributed by atoms with E-state index in [0.29, 0.717) is 10.9 Å². The van der Waals surface area contributed by atoms with Gasteiger partial charge < -0.3 is 4.74 Å². The molecule has 106 valence electrons. The predicted molar refractivity (Wildman–Crippen MR) is 75.1 cm³/mol. The van der Waals surface area contributed by atoms with Crippen LogP contribution in [0, 0.1) is 24.0 Å². The highest BCUT2D eigenvalue weighted by atomic mass is 35.5. The first-order chi connectivity index (χ1) is 9.40. The van der Waals surface area contributed by atoms with Crippen LogP contribution in [-0.2, 0) is 13.7 Å². The van der Waals surface area contributed by atoms with Crippen LogP contribution in [0.15, 0.2) is 18.2 Å². The van der Waals surface area contributed by atoms with Crippen molar-refractivity contribution in [2.45, 2.75) is 20.5 Å². The molecule has 0 bridgehead atoms. The van der Waals surface area contributed by atoms with Gasteiger partial charge in [-0.2, -0.15) is 5.10 Å². The summed E-state index contributed by atoms with van der Waals surface area (Å²) in [5, 5.41) is 15.5. The normalized spacial score (nSPS) is 10.6. The van der Waals surface area contributed by atoms with Gasteiger partial charge in [-0.25, -0.2) is 0 Å². The van der Waals surface area contributed by atoms with Crippen LogP contribution in [0.2, 0.25) is 5.15 Å². The molecule has 1 aromatic carbocycles. The molecule has 0 radical (unpaired) electrons. The summed E-state index contributed by atoms with van der Waals surface area (Å²) < 4.78 is 7.21. The zero-order chi connectivity index (χ0) is 14.9. The van der Waals surface area contributed by atoms with Crippen LogP contribution < -0.4 is 4.74 Å². The maximum Gasteiger partial charge on any atom is 0.273 e. The van der Waals surface area contributed by atoms with E-state index in [0.717, 1.165) is 16.8 Å². The maximum atomic E-state index is 10.8. The minimum atomic E-state index is -0.450. The average molecular weight is 296 g/mol. The number of non-ortho nitro benzene ring substituents is 1. The molecule has 1 heterocycles.